The molecule has 1 saturated heterocycles. The summed E-state index contributed by atoms with van der Waals surface area (Å²) in [5.74, 6) is 0.204. The molecule has 0 radical (unpaired) electrons. The lowest BCUT2D eigenvalue weighted by molar-refractivity contribution is -0.139. The lowest BCUT2D eigenvalue weighted by atomic mass is 9.94. The SMILES string of the molecule is COc1ccc([C@@H]2/C(=C(\O)c3ccc4c(c3)C[C@@H](C)O4)C(=O)C(=O)N2CCc2ccccc2)cc1OC. The van der Waals surface area contributed by atoms with Crippen molar-refractivity contribution in [2.24, 2.45) is 0 Å². The molecule has 0 saturated carbocycles. The molecule has 0 bridgehead atoms. The molecule has 1 N–H and O–H groups in total. The number of ether oxygens (including phenoxy) is 3. The first-order valence-corrected chi connectivity index (χ1v) is 12.3. The Bertz CT molecular complexity index is 1380. The van der Waals surface area contributed by atoms with E-state index in [9.17, 15) is 14.7 Å². The minimum atomic E-state index is -0.785. The van der Waals surface area contributed by atoms with Gasteiger partial charge in [0.05, 0.1) is 25.8 Å². The van der Waals surface area contributed by atoms with Crippen LogP contribution in [0.25, 0.3) is 5.76 Å². The van der Waals surface area contributed by atoms with Crippen molar-refractivity contribution in [1.82, 2.24) is 4.90 Å². The van der Waals surface area contributed by atoms with Crippen LogP contribution in [0, 0.1) is 0 Å². The van der Waals surface area contributed by atoms with Crippen LogP contribution in [0.2, 0.25) is 0 Å². The Morgan fingerprint density at radius 2 is 1.76 bits per heavy atom. The predicted octanol–water partition coefficient (Wildman–Crippen LogP) is 4.69. The van der Waals surface area contributed by atoms with Gasteiger partial charge in [0, 0.05) is 18.5 Å². The number of aliphatic hydroxyl groups is 1. The van der Waals surface area contributed by atoms with Gasteiger partial charge in [-0.1, -0.05) is 36.4 Å². The molecule has 37 heavy (non-hydrogen) atoms. The van der Waals surface area contributed by atoms with Crippen molar-refractivity contribution in [3.63, 3.8) is 0 Å². The summed E-state index contributed by atoms with van der Waals surface area (Å²) in [6.07, 6.45) is 1.31. The van der Waals surface area contributed by atoms with E-state index in [1.165, 1.54) is 12.0 Å². The molecule has 0 spiro atoms. The lowest BCUT2D eigenvalue weighted by Crippen LogP contribution is -2.31. The zero-order valence-electron chi connectivity index (χ0n) is 21.1. The molecule has 3 aromatic rings. The molecule has 3 aromatic carbocycles. The third-order valence-corrected chi connectivity index (χ3v) is 6.92. The Morgan fingerprint density at radius 3 is 2.49 bits per heavy atom. The molecule has 190 valence electrons. The minimum absolute atomic E-state index is 0.0442. The summed E-state index contributed by atoms with van der Waals surface area (Å²) in [4.78, 5) is 28.2. The van der Waals surface area contributed by atoms with E-state index < -0.39 is 17.7 Å². The zero-order valence-corrected chi connectivity index (χ0v) is 21.1. The Kier molecular flexibility index (Phi) is 6.61. The van der Waals surface area contributed by atoms with E-state index in [-0.39, 0.29) is 17.4 Å². The van der Waals surface area contributed by atoms with Gasteiger partial charge in [-0.3, -0.25) is 9.59 Å². The number of aliphatic hydroxyl groups excluding tert-OH is 1. The number of rotatable bonds is 7. The second-order valence-corrected chi connectivity index (χ2v) is 9.30. The van der Waals surface area contributed by atoms with E-state index >= 15 is 0 Å². The highest BCUT2D eigenvalue weighted by Gasteiger charge is 2.46. The number of hydrogen-bond donors (Lipinski definition) is 1. The zero-order chi connectivity index (χ0) is 26.1. The van der Waals surface area contributed by atoms with Crippen molar-refractivity contribution >= 4 is 17.4 Å². The molecule has 2 atom stereocenters. The van der Waals surface area contributed by atoms with Crippen LogP contribution in [0.15, 0.2) is 72.3 Å². The van der Waals surface area contributed by atoms with Gasteiger partial charge in [0.15, 0.2) is 11.5 Å². The van der Waals surface area contributed by atoms with Gasteiger partial charge in [0.25, 0.3) is 11.7 Å². The molecule has 2 aliphatic heterocycles. The topological polar surface area (TPSA) is 85.3 Å². The van der Waals surface area contributed by atoms with E-state index in [2.05, 4.69) is 0 Å². The summed E-state index contributed by atoms with van der Waals surface area (Å²) in [7, 11) is 3.07. The second-order valence-electron chi connectivity index (χ2n) is 9.30. The Labute approximate surface area is 215 Å². The van der Waals surface area contributed by atoms with Gasteiger partial charge >= 0.3 is 0 Å². The minimum Gasteiger partial charge on any atom is -0.507 e. The van der Waals surface area contributed by atoms with Gasteiger partial charge in [0.1, 0.15) is 17.6 Å². The molecule has 7 heteroatoms. The monoisotopic (exact) mass is 499 g/mol. The summed E-state index contributed by atoms with van der Waals surface area (Å²) in [5.41, 5.74) is 3.17. The standard InChI is InChI=1S/C30H29NO6/c1-18-15-22-16-21(10-11-23(22)37-18)28(32)26-27(20-9-12-24(35-2)25(17-20)36-3)31(30(34)29(26)33)14-13-19-7-5-4-6-8-19/h4-12,16-18,27,32H,13-15H2,1-3H3/b28-26+/t18-,27-/m1/s1. The Morgan fingerprint density at radius 1 is 1.00 bits per heavy atom. The van der Waals surface area contributed by atoms with E-state index in [0.29, 0.717) is 42.0 Å². The highest BCUT2D eigenvalue weighted by molar-refractivity contribution is 6.46. The number of carbonyl (C=O) groups excluding carboxylic acids is 2. The predicted molar refractivity (Wildman–Crippen MR) is 139 cm³/mol. The number of methoxy groups -OCH3 is 2. The summed E-state index contributed by atoms with van der Waals surface area (Å²) in [5, 5.41) is 11.5. The highest BCUT2D eigenvalue weighted by Crippen LogP contribution is 2.42. The molecule has 0 aromatic heterocycles. The van der Waals surface area contributed by atoms with Crippen LogP contribution >= 0.6 is 0 Å². The number of hydrogen-bond acceptors (Lipinski definition) is 6. The number of carbonyl (C=O) groups is 2. The van der Waals surface area contributed by atoms with Crippen LogP contribution < -0.4 is 14.2 Å². The third kappa shape index (κ3) is 4.53. The molecule has 2 heterocycles. The van der Waals surface area contributed by atoms with Crippen LogP contribution in [0.5, 0.6) is 17.2 Å². The van der Waals surface area contributed by atoms with Crippen molar-refractivity contribution in [1.29, 1.82) is 0 Å². The van der Waals surface area contributed by atoms with E-state index in [1.807, 2.05) is 43.3 Å². The first-order valence-electron chi connectivity index (χ1n) is 12.3. The van der Waals surface area contributed by atoms with Crippen molar-refractivity contribution in [3.8, 4) is 17.2 Å². The summed E-state index contributed by atoms with van der Waals surface area (Å²) < 4.78 is 16.6. The Balaban J connectivity index is 1.60. The number of ketones is 1. The Hall–Kier alpha value is -4.26. The fraction of sp³-hybridized carbons (Fsp3) is 0.267. The van der Waals surface area contributed by atoms with E-state index in [1.54, 1.807) is 37.4 Å². The van der Waals surface area contributed by atoms with Crippen LogP contribution in [-0.4, -0.2) is 48.6 Å². The normalized spacial score (nSPS) is 20.0. The largest absolute Gasteiger partial charge is 0.507 e. The molecule has 7 nitrogen and oxygen atoms in total. The third-order valence-electron chi connectivity index (χ3n) is 6.92. The number of nitrogens with zero attached hydrogens (tertiary/aromatic N) is 1. The lowest BCUT2D eigenvalue weighted by Gasteiger charge is -2.26. The van der Waals surface area contributed by atoms with Gasteiger partial charge in [-0.15, -0.1) is 0 Å². The quantitative estimate of drug-likeness (QED) is 0.288. The maximum absolute atomic E-state index is 13.4. The summed E-state index contributed by atoms with van der Waals surface area (Å²) in [6, 6.07) is 19.6. The molecule has 0 aliphatic carbocycles. The molecular formula is C30H29NO6. The summed E-state index contributed by atoms with van der Waals surface area (Å²) >= 11 is 0. The van der Waals surface area contributed by atoms with Gasteiger partial charge in [-0.25, -0.2) is 0 Å². The highest BCUT2D eigenvalue weighted by atomic mass is 16.5. The maximum Gasteiger partial charge on any atom is 0.295 e. The average molecular weight is 500 g/mol. The van der Waals surface area contributed by atoms with Crippen LogP contribution in [0.1, 0.15) is 35.2 Å². The van der Waals surface area contributed by atoms with Gasteiger partial charge in [-0.2, -0.15) is 0 Å². The molecule has 5 rings (SSSR count). The average Bonchev–Trinajstić information content (AvgIpc) is 3.42. The number of amides is 1. The van der Waals surface area contributed by atoms with Gasteiger partial charge in [0.2, 0.25) is 0 Å². The number of likely N-dealkylation sites (tertiary alicyclic amines) is 1. The smallest absolute Gasteiger partial charge is 0.295 e. The molecule has 0 unspecified atom stereocenters. The number of fused-ring (bicyclic) bond motifs is 1. The van der Waals surface area contributed by atoms with E-state index in [0.717, 1.165) is 16.9 Å². The van der Waals surface area contributed by atoms with Gasteiger partial charge < -0.3 is 24.2 Å². The van der Waals surface area contributed by atoms with Gasteiger partial charge in [-0.05, 0) is 60.4 Å². The molecule has 1 amide bonds. The van der Waals surface area contributed by atoms with Crippen LogP contribution in [-0.2, 0) is 22.4 Å². The van der Waals surface area contributed by atoms with Crippen molar-refractivity contribution in [2.45, 2.75) is 31.9 Å². The molecule has 1 fully saturated rings. The van der Waals surface area contributed by atoms with E-state index in [4.69, 9.17) is 14.2 Å². The first kappa shape index (κ1) is 24.4. The van der Waals surface area contributed by atoms with Crippen molar-refractivity contribution in [2.75, 3.05) is 20.8 Å². The number of benzene rings is 3. The molecular weight excluding hydrogens is 470 g/mol. The molecule has 2 aliphatic rings. The summed E-state index contributed by atoms with van der Waals surface area (Å²) in [6.45, 7) is 2.29. The fourth-order valence-electron chi connectivity index (χ4n) is 5.10. The first-order chi connectivity index (χ1) is 17.9. The maximum atomic E-state index is 13.4. The fourth-order valence-corrected chi connectivity index (χ4v) is 5.10. The van der Waals surface area contributed by atoms with Crippen LogP contribution in [0.4, 0.5) is 0 Å². The number of Topliss-reactive ketones (excluding diaryl/α,β-unsaturated/α-hetero) is 1. The van der Waals surface area contributed by atoms with Crippen LogP contribution in [0.3, 0.4) is 0 Å². The van der Waals surface area contributed by atoms with Crippen molar-refractivity contribution < 1.29 is 28.9 Å². The van der Waals surface area contributed by atoms with Crippen molar-refractivity contribution in [3.05, 3.63) is 94.6 Å². The second kappa shape index (κ2) is 10.0.